The number of rotatable bonds is 82. The maximum Gasteiger partial charge on any atom is 0.472 e. The van der Waals surface area contributed by atoms with Crippen molar-refractivity contribution in [3.63, 3.8) is 0 Å². The SMILES string of the molecule is CCCCCCCCCCCCCCCCCCCCCCCC(=O)O[C@H](COC(=O)CCCCCCCCCCCCCCCCCCC)COP(=O)(O)OC[C@@H](O)COP(=O)(O)OC[C@@H](COC(=O)CCCCCCCCCCC)OC(=O)CCCCCCCCCCCCCC(C)C. The first kappa shape index (κ1) is 99.1. The standard InChI is InChI=1S/C82H160O17P2/c1-6-9-12-15-18-21-23-25-27-29-30-31-32-34-36-38-42-47-52-57-62-67-81(86)99-78(72-93-80(85)66-61-56-51-46-41-37-35-33-28-26-24-22-19-16-13-10-7-2)74-97-101(90,91)95-70-76(83)69-94-100(88,89)96-73-77(71-92-79(84)65-60-55-50-44-20-17-14-11-8-3)98-82(87)68-63-58-53-48-43-39-40-45-49-54-59-64-75(4)5/h75-78,83H,6-74H2,1-5H3,(H,88,89)(H,90,91)/t76-,77+,78+/m0/s1. The number of phosphoric acid groups is 2. The lowest BCUT2D eigenvalue weighted by molar-refractivity contribution is -0.161. The van der Waals surface area contributed by atoms with Crippen molar-refractivity contribution in [2.24, 2.45) is 5.92 Å². The number of ether oxygens (including phenoxy) is 4. The largest absolute Gasteiger partial charge is 0.472 e. The van der Waals surface area contributed by atoms with E-state index in [2.05, 4.69) is 34.6 Å². The Labute approximate surface area is 619 Å². The highest BCUT2D eigenvalue weighted by Crippen LogP contribution is 2.45. The van der Waals surface area contributed by atoms with Crippen LogP contribution in [0.2, 0.25) is 0 Å². The fraction of sp³-hybridized carbons (Fsp3) is 0.951. The van der Waals surface area contributed by atoms with Gasteiger partial charge in [0, 0.05) is 25.7 Å². The van der Waals surface area contributed by atoms with E-state index in [1.54, 1.807) is 0 Å². The summed E-state index contributed by atoms with van der Waals surface area (Å²) in [5, 5.41) is 10.6. The Balaban J connectivity index is 5.20. The van der Waals surface area contributed by atoms with Crippen molar-refractivity contribution < 1.29 is 80.2 Å². The van der Waals surface area contributed by atoms with Crippen LogP contribution in [0.25, 0.3) is 0 Å². The Kier molecular flexibility index (Phi) is 73.5. The van der Waals surface area contributed by atoms with Crippen molar-refractivity contribution >= 4 is 39.5 Å². The van der Waals surface area contributed by atoms with Gasteiger partial charge in [-0.2, -0.15) is 0 Å². The van der Waals surface area contributed by atoms with E-state index in [1.165, 1.54) is 263 Å². The van der Waals surface area contributed by atoms with Crippen LogP contribution in [-0.2, 0) is 65.4 Å². The summed E-state index contributed by atoms with van der Waals surface area (Å²) < 4.78 is 68.7. The zero-order valence-electron chi connectivity index (χ0n) is 66.1. The summed E-state index contributed by atoms with van der Waals surface area (Å²) in [5.41, 5.74) is 0. The lowest BCUT2D eigenvalue weighted by Gasteiger charge is -2.21. The molecule has 0 saturated heterocycles. The van der Waals surface area contributed by atoms with Gasteiger partial charge in [0.15, 0.2) is 12.2 Å². The van der Waals surface area contributed by atoms with Crippen molar-refractivity contribution in [1.82, 2.24) is 0 Å². The topological polar surface area (TPSA) is 237 Å². The molecule has 0 saturated carbocycles. The van der Waals surface area contributed by atoms with Crippen LogP contribution in [0, 0.1) is 5.92 Å². The zero-order valence-corrected chi connectivity index (χ0v) is 67.8. The molecule has 17 nitrogen and oxygen atoms in total. The van der Waals surface area contributed by atoms with E-state index in [0.29, 0.717) is 25.7 Å². The average Bonchev–Trinajstić information content (AvgIpc) is 0.950. The molecule has 5 atom stereocenters. The quantitative estimate of drug-likeness (QED) is 0.0222. The molecule has 0 fully saturated rings. The van der Waals surface area contributed by atoms with Crippen molar-refractivity contribution in [3.8, 4) is 0 Å². The monoisotopic (exact) mass is 1480 g/mol. The molecule has 19 heteroatoms. The van der Waals surface area contributed by atoms with Gasteiger partial charge in [0.25, 0.3) is 0 Å². The predicted molar refractivity (Wildman–Crippen MR) is 414 cm³/mol. The third-order valence-electron chi connectivity index (χ3n) is 19.3. The van der Waals surface area contributed by atoms with E-state index < -0.39 is 97.5 Å². The summed E-state index contributed by atoms with van der Waals surface area (Å²) in [7, 11) is -9.92. The number of carbonyl (C=O) groups is 4. The average molecular weight is 1480 g/mol. The van der Waals surface area contributed by atoms with E-state index in [4.69, 9.17) is 37.0 Å². The molecule has 3 N–H and O–H groups in total. The number of unbranched alkanes of at least 4 members (excludes halogenated alkanes) is 54. The minimum atomic E-state index is -4.96. The van der Waals surface area contributed by atoms with Gasteiger partial charge in [0.2, 0.25) is 0 Å². The van der Waals surface area contributed by atoms with Gasteiger partial charge in [-0.1, -0.05) is 388 Å². The zero-order chi connectivity index (χ0) is 74.1. The minimum Gasteiger partial charge on any atom is -0.462 e. The van der Waals surface area contributed by atoms with Crippen molar-refractivity contribution in [1.29, 1.82) is 0 Å². The molecule has 0 aromatic carbocycles. The lowest BCUT2D eigenvalue weighted by atomic mass is 10.0. The highest BCUT2D eigenvalue weighted by Gasteiger charge is 2.30. The first-order valence-corrected chi connectivity index (χ1v) is 45.6. The van der Waals surface area contributed by atoms with Crippen LogP contribution < -0.4 is 0 Å². The molecular formula is C82H160O17P2. The van der Waals surface area contributed by atoms with Crippen LogP contribution in [0.4, 0.5) is 0 Å². The summed E-state index contributed by atoms with van der Waals surface area (Å²) >= 11 is 0. The van der Waals surface area contributed by atoms with Crippen LogP contribution >= 0.6 is 15.6 Å². The first-order chi connectivity index (χ1) is 49.0. The minimum absolute atomic E-state index is 0.107. The van der Waals surface area contributed by atoms with Gasteiger partial charge in [-0.15, -0.1) is 0 Å². The number of hydrogen-bond donors (Lipinski definition) is 3. The molecule has 101 heavy (non-hydrogen) atoms. The first-order valence-electron chi connectivity index (χ1n) is 42.6. The molecule has 0 aromatic heterocycles. The Morgan fingerprint density at radius 2 is 0.455 bits per heavy atom. The molecule has 0 spiro atoms. The number of hydrogen-bond acceptors (Lipinski definition) is 15. The molecule has 600 valence electrons. The highest BCUT2D eigenvalue weighted by molar-refractivity contribution is 7.47. The van der Waals surface area contributed by atoms with Gasteiger partial charge in [0.05, 0.1) is 26.4 Å². The van der Waals surface area contributed by atoms with E-state index in [0.717, 1.165) is 95.8 Å². The molecule has 0 heterocycles. The summed E-state index contributed by atoms with van der Waals surface area (Å²) in [6.45, 7) is 7.32. The fourth-order valence-corrected chi connectivity index (χ4v) is 14.3. The molecular weight excluding hydrogens is 1320 g/mol. The summed E-state index contributed by atoms with van der Waals surface area (Å²) in [6, 6.07) is 0. The van der Waals surface area contributed by atoms with Crippen LogP contribution in [0.5, 0.6) is 0 Å². The summed E-state index contributed by atoms with van der Waals surface area (Å²) in [5.74, 6) is -1.34. The third kappa shape index (κ3) is 76.1. The van der Waals surface area contributed by atoms with Crippen molar-refractivity contribution in [2.45, 2.75) is 457 Å². The number of aliphatic hydroxyl groups excluding tert-OH is 1. The molecule has 2 unspecified atom stereocenters. The second-order valence-electron chi connectivity index (χ2n) is 30.0. The smallest absolute Gasteiger partial charge is 0.462 e. The van der Waals surface area contributed by atoms with Gasteiger partial charge in [-0.3, -0.25) is 37.3 Å². The van der Waals surface area contributed by atoms with Crippen LogP contribution in [-0.4, -0.2) is 96.7 Å². The Morgan fingerprint density at radius 3 is 0.673 bits per heavy atom. The number of carbonyl (C=O) groups excluding carboxylic acids is 4. The van der Waals surface area contributed by atoms with Gasteiger partial charge in [-0.25, -0.2) is 9.13 Å². The summed E-state index contributed by atoms with van der Waals surface area (Å²) in [6.07, 6.45) is 66.7. The van der Waals surface area contributed by atoms with E-state index in [1.807, 2.05) is 0 Å². The molecule has 0 bridgehead atoms. The Morgan fingerprint density at radius 1 is 0.267 bits per heavy atom. The van der Waals surface area contributed by atoms with Crippen molar-refractivity contribution in [3.05, 3.63) is 0 Å². The molecule has 0 radical (unpaired) electrons. The predicted octanol–water partition coefficient (Wildman–Crippen LogP) is 24.8. The number of phosphoric ester groups is 2. The Hall–Kier alpha value is -1.94. The number of aliphatic hydroxyl groups is 1. The highest BCUT2D eigenvalue weighted by atomic mass is 31.2. The summed E-state index contributed by atoms with van der Waals surface area (Å²) in [4.78, 5) is 73.0. The van der Waals surface area contributed by atoms with Crippen molar-refractivity contribution in [2.75, 3.05) is 39.6 Å². The molecule has 0 amide bonds. The third-order valence-corrected chi connectivity index (χ3v) is 21.2. The lowest BCUT2D eigenvalue weighted by Crippen LogP contribution is -2.30. The second-order valence-corrected chi connectivity index (χ2v) is 32.9. The fourth-order valence-electron chi connectivity index (χ4n) is 12.8. The Bertz CT molecular complexity index is 1930. The number of esters is 4. The van der Waals surface area contributed by atoms with Crippen LogP contribution in [0.3, 0.4) is 0 Å². The molecule has 0 aliphatic rings. The second kappa shape index (κ2) is 74.9. The van der Waals surface area contributed by atoms with Gasteiger partial charge in [-0.05, 0) is 31.6 Å². The van der Waals surface area contributed by atoms with Crippen LogP contribution in [0.15, 0.2) is 0 Å². The molecule has 0 aliphatic carbocycles. The van der Waals surface area contributed by atoms with Gasteiger partial charge < -0.3 is 33.8 Å². The molecule has 0 aliphatic heterocycles. The normalized spacial score (nSPS) is 13.8. The maximum atomic E-state index is 13.1. The maximum absolute atomic E-state index is 13.1. The van der Waals surface area contributed by atoms with E-state index in [9.17, 15) is 43.2 Å². The van der Waals surface area contributed by atoms with Gasteiger partial charge in [0.1, 0.15) is 19.3 Å². The molecule has 0 aromatic rings. The van der Waals surface area contributed by atoms with Crippen LogP contribution in [0.1, 0.15) is 439 Å². The molecule has 0 rings (SSSR count). The van der Waals surface area contributed by atoms with E-state index in [-0.39, 0.29) is 25.7 Å². The van der Waals surface area contributed by atoms with Gasteiger partial charge >= 0.3 is 39.5 Å². The van der Waals surface area contributed by atoms with E-state index >= 15 is 0 Å².